The number of carbonyl (C=O) groups excluding carboxylic acids is 2. The Bertz CT molecular complexity index is 179. The van der Waals surface area contributed by atoms with E-state index in [1.54, 1.807) is 0 Å². The monoisotopic (exact) mass is 239 g/mol. The second-order valence-electron chi connectivity index (χ2n) is 2.38. The van der Waals surface area contributed by atoms with Crippen molar-refractivity contribution in [2.24, 2.45) is 0 Å². The van der Waals surface area contributed by atoms with Crippen LogP contribution >= 0.6 is 11.6 Å². The molecule has 0 rings (SSSR count). The van der Waals surface area contributed by atoms with E-state index in [0.717, 1.165) is 0 Å². The lowest BCUT2D eigenvalue weighted by atomic mass is 10.6. The summed E-state index contributed by atoms with van der Waals surface area (Å²) in [5.41, 5.74) is 0. The van der Waals surface area contributed by atoms with Crippen LogP contribution in [0.25, 0.3) is 0 Å². The van der Waals surface area contributed by atoms with Crippen molar-refractivity contribution in [1.82, 2.24) is 5.32 Å². The molecular weight excluding hydrogens is 226 g/mol. The summed E-state index contributed by atoms with van der Waals surface area (Å²) in [6.07, 6.45) is -0.507. The van der Waals surface area contributed by atoms with Gasteiger partial charge in [-0.1, -0.05) is 0 Å². The van der Waals surface area contributed by atoms with Crippen LogP contribution in [0.1, 0.15) is 0 Å². The Kier molecular flexibility index (Phi) is 8.90. The Balaban J connectivity index is 3.11. The topological polar surface area (TPSA) is 73.9 Å². The molecule has 0 atom stereocenters. The third-order valence-corrected chi connectivity index (χ3v) is 1.52. The van der Waals surface area contributed by atoms with Gasteiger partial charge < -0.3 is 19.5 Å². The lowest BCUT2D eigenvalue weighted by molar-refractivity contribution is -0.142. The van der Waals surface area contributed by atoms with Gasteiger partial charge in [-0.05, 0) is 0 Å². The van der Waals surface area contributed by atoms with Gasteiger partial charge in [0.25, 0.3) is 0 Å². The van der Waals surface area contributed by atoms with Gasteiger partial charge in [0.05, 0.1) is 20.3 Å². The zero-order chi connectivity index (χ0) is 11.5. The summed E-state index contributed by atoms with van der Waals surface area (Å²) < 4.78 is 14.0. The van der Waals surface area contributed by atoms with Crippen LogP contribution in [0.5, 0.6) is 0 Å². The van der Waals surface area contributed by atoms with Crippen molar-refractivity contribution in [3.8, 4) is 0 Å². The zero-order valence-corrected chi connectivity index (χ0v) is 9.21. The lowest BCUT2D eigenvalue weighted by Crippen LogP contribution is -2.27. The van der Waals surface area contributed by atoms with Gasteiger partial charge in [-0.2, -0.15) is 0 Å². The van der Waals surface area contributed by atoms with Crippen molar-refractivity contribution < 1.29 is 23.8 Å². The zero-order valence-electron chi connectivity index (χ0n) is 8.45. The highest BCUT2D eigenvalue weighted by Crippen LogP contribution is 1.83. The maximum atomic E-state index is 10.6. The number of methoxy groups -OCH3 is 1. The fraction of sp³-hybridized carbons (Fsp3) is 0.750. The number of carbonyl (C=O) groups is 2. The molecule has 0 aliphatic heterocycles. The van der Waals surface area contributed by atoms with E-state index in [9.17, 15) is 9.59 Å². The Morgan fingerprint density at radius 3 is 2.60 bits per heavy atom. The molecular formula is C8H14ClNO5. The molecule has 0 spiro atoms. The van der Waals surface area contributed by atoms with E-state index in [2.05, 4.69) is 14.8 Å². The smallest absolute Gasteiger partial charge is 0.406 e. The Labute approximate surface area is 92.8 Å². The highest BCUT2D eigenvalue weighted by Gasteiger charge is 1.99. The summed E-state index contributed by atoms with van der Waals surface area (Å²) in [5, 5.41) is 2.43. The fourth-order valence-electron chi connectivity index (χ4n) is 0.652. The third kappa shape index (κ3) is 9.30. The van der Waals surface area contributed by atoms with Crippen LogP contribution in [0, 0.1) is 0 Å². The number of alkyl carbamates (subject to hydrolysis) is 1. The molecule has 0 aromatic carbocycles. The van der Waals surface area contributed by atoms with E-state index in [0.29, 0.717) is 13.2 Å². The molecule has 0 aliphatic rings. The standard InChI is InChI=1S/C8H14ClNO5/c1-13-8(12)10-2-3-14-4-5-15-7(11)6-9/h2-6H2,1H3,(H,10,12). The molecule has 1 amide bonds. The summed E-state index contributed by atoms with van der Waals surface area (Å²) in [6.45, 7) is 1.10. The number of hydrogen-bond acceptors (Lipinski definition) is 5. The van der Waals surface area contributed by atoms with Gasteiger partial charge in [-0.3, -0.25) is 4.79 Å². The highest BCUT2D eigenvalue weighted by molar-refractivity contribution is 6.26. The van der Waals surface area contributed by atoms with E-state index in [4.69, 9.17) is 16.3 Å². The minimum absolute atomic E-state index is 0.157. The molecule has 0 heterocycles. The number of halogens is 1. The number of alkyl halides is 1. The summed E-state index contributed by atoms with van der Waals surface area (Å²) in [4.78, 5) is 21.1. The molecule has 0 aromatic heterocycles. The van der Waals surface area contributed by atoms with E-state index in [-0.39, 0.29) is 19.1 Å². The molecule has 0 radical (unpaired) electrons. The predicted octanol–water partition coefficient (Wildman–Crippen LogP) is 0.141. The molecule has 88 valence electrons. The molecule has 0 bridgehead atoms. The van der Waals surface area contributed by atoms with Gasteiger partial charge in [0.1, 0.15) is 12.5 Å². The van der Waals surface area contributed by atoms with Crippen LogP contribution in [0.4, 0.5) is 4.79 Å². The number of rotatable bonds is 7. The lowest BCUT2D eigenvalue weighted by Gasteiger charge is -2.05. The van der Waals surface area contributed by atoms with Crippen molar-refractivity contribution in [3.05, 3.63) is 0 Å². The minimum atomic E-state index is -0.507. The van der Waals surface area contributed by atoms with Crippen molar-refractivity contribution in [3.63, 3.8) is 0 Å². The normalized spacial score (nSPS) is 9.47. The summed E-state index contributed by atoms with van der Waals surface area (Å²) in [5.74, 6) is -0.642. The van der Waals surface area contributed by atoms with Gasteiger partial charge in [0.15, 0.2) is 0 Å². The van der Waals surface area contributed by atoms with Crippen molar-refractivity contribution >= 4 is 23.7 Å². The van der Waals surface area contributed by atoms with Crippen molar-refractivity contribution in [1.29, 1.82) is 0 Å². The molecule has 7 heteroatoms. The van der Waals surface area contributed by atoms with Crippen molar-refractivity contribution in [2.75, 3.05) is 39.4 Å². The average molecular weight is 240 g/mol. The maximum Gasteiger partial charge on any atom is 0.406 e. The molecule has 0 unspecified atom stereocenters. The molecule has 15 heavy (non-hydrogen) atoms. The fourth-order valence-corrected chi connectivity index (χ4v) is 0.730. The van der Waals surface area contributed by atoms with E-state index < -0.39 is 12.1 Å². The van der Waals surface area contributed by atoms with Gasteiger partial charge in [-0.25, -0.2) is 4.79 Å². The van der Waals surface area contributed by atoms with Gasteiger partial charge in [-0.15, -0.1) is 11.6 Å². The number of esters is 1. The van der Waals surface area contributed by atoms with Gasteiger partial charge >= 0.3 is 12.1 Å². The molecule has 0 saturated heterocycles. The highest BCUT2D eigenvalue weighted by atomic mass is 35.5. The van der Waals surface area contributed by atoms with E-state index in [1.807, 2.05) is 0 Å². The van der Waals surface area contributed by atoms with Crippen LogP contribution in [0.15, 0.2) is 0 Å². The molecule has 0 saturated carbocycles. The van der Waals surface area contributed by atoms with Gasteiger partial charge in [0.2, 0.25) is 0 Å². The Morgan fingerprint density at radius 2 is 2.00 bits per heavy atom. The van der Waals surface area contributed by atoms with Crippen LogP contribution in [0.2, 0.25) is 0 Å². The van der Waals surface area contributed by atoms with Crippen LogP contribution < -0.4 is 5.32 Å². The summed E-state index contributed by atoms with van der Waals surface area (Å²) in [6, 6.07) is 0. The summed E-state index contributed by atoms with van der Waals surface area (Å²) >= 11 is 5.19. The first-order valence-electron chi connectivity index (χ1n) is 4.32. The third-order valence-electron chi connectivity index (χ3n) is 1.30. The van der Waals surface area contributed by atoms with Crippen LogP contribution in [-0.2, 0) is 19.0 Å². The van der Waals surface area contributed by atoms with Crippen LogP contribution in [0.3, 0.4) is 0 Å². The molecule has 0 fully saturated rings. The number of amides is 1. The number of hydrogen-bond donors (Lipinski definition) is 1. The molecule has 0 aromatic rings. The van der Waals surface area contributed by atoms with Gasteiger partial charge in [0, 0.05) is 6.54 Å². The first kappa shape index (κ1) is 14.0. The predicted molar refractivity (Wildman–Crippen MR) is 52.9 cm³/mol. The molecule has 1 N–H and O–H groups in total. The quantitative estimate of drug-likeness (QED) is 0.389. The first-order chi connectivity index (χ1) is 7.20. The maximum absolute atomic E-state index is 10.6. The SMILES string of the molecule is COC(=O)NCCOCCOC(=O)CCl. The Morgan fingerprint density at radius 1 is 1.27 bits per heavy atom. The number of ether oxygens (including phenoxy) is 3. The minimum Gasteiger partial charge on any atom is -0.462 e. The molecule has 6 nitrogen and oxygen atoms in total. The average Bonchev–Trinajstić information content (AvgIpc) is 2.26. The van der Waals surface area contributed by atoms with Crippen molar-refractivity contribution in [2.45, 2.75) is 0 Å². The number of nitrogens with one attached hydrogen (secondary N) is 1. The summed E-state index contributed by atoms with van der Waals surface area (Å²) in [7, 11) is 1.28. The van der Waals surface area contributed by atoms with E-state index >= 15 is 0 Å². The molecule has 0 aliphatic carbocycles. The second-order valence-corrected chi connectivity index (χ2v) is 2.65. The first-order valence-corrected chi connectivity index (χ1v) is 4.85. The second kappa shape index (κ2) is 9.54. The largest absolute Gasteiger partial charge is 0.462 e. The van der Waals surface area contributed by atoms with E-state index in [1.165, 1.54) is 7.11 Å². The van der Waals surface area contributed by atoms with Crippen LogP contribution in [-0.4, -0.2) is 51.4 Å². The Hall–Kier alpha value is -1.01.